The van der Waals surface area contributed by atoms with Crippen molar-refractivity contribution in [3.63, 3.8) is 0 Å². The van der Waals surface area contributed by atoms with Crippen molar-refractivity contribution < 1.29 is 27.2 Å². The molecule has 0 spiro atoms. The van der Waals surface area contributed by atoms with Gasteiger partial charge in [0, 0.05) is 25.1 Å². The van der Waals surface area contributed by atoms with Crippen LogP contribution in [0.4, 0.5) is 18.0 Å². The van der Waals surface area contributed by atoms with Gasteiger partial charge in [0.05, 0.1) is 6.04 Å². The second kappa shape index (κ2) is 6.51. The molecule has 2 heterocycles. The Labute approximate surface area is 131 Å². The van der Waals surface area contributed by atoms with Crippen LogP contribution in [-0.4, -0.2) is 42.1 Å². The molecule has 1 fully saturated rings. The second-order valence-electron chi connectivity index (χ2n) is 5.56. The molecule has 1 aromatic heterocycles. The van der Waals surface area contributed by atoms with Gasteiger partial charge < -0.3 is 20.0 Å². The summed E-state index contributed by atoms with van der Waals surface area (Å²) < 4.78 is 42.3. The molecule has 1 atom stereocenters. The molecule has 3 amide bonds. The predicted molar refractivity (Wildman–Crippen MR) is 74.6 cm³/mol. The summed E-state index contributed by atoms with van der Waals surface area (Å²) in [6.45, 7) is 2.36. The van der Waals surface area contributed by atoms with Gasteiger partial charge in [0.1, 0.15) is 18.1 Å². The maximum absolute atomic E-state index is 12.3. The van der Waals surface area contributed by atoms with Crippen LogP contribution in [0.2, 0.25) is 0 Å². The molecule has 23 heavy (non-hydrogen) atoms. The smallest absolute Gasteiger partial charge is 0.406 e. The normalized spacial score (nSPS) is 18.4. The highest BCUT2D eigenvalue weighted by Gasteiger charge is 2.38. The number of amides is 3. The monoisotopic (exact) mass is 333 g/mol. The number of urea groups is 1. The first kappa shape index (κ1) is 17.2. The zero-order chi connectivity index (χ0) is 17.2. The summed E-state index contributed by atoms with van der Waals surface area (Å²) in [5.74, 6) is 0.799. The third-order valence-electron chi connectivity index (χ3n) is 3.50. The molecule has 0 radical (unpaired) electrons. The molecule has 0 bridgehead atoms. The summed E-state index contributed by atoms with van der Waals surface area (Å²) in [6, 6.07) is 0.631. The number of rotatable bonds is 4. The largest absolute Gasteiger partial charge is 0.466 e. The molecule has 1 unspecified atom stereocenters. The first-order valence-electron chi connectivity index (χ1n) is 7.09. The Morgan fingerprint density at radius 3 is 2.70 bits per heavy atom. The Kier molecular flexibility index (Phi) is 4.86. The Balaban J connectivity index is 1.80. The van der Waals surface area contributed by atoms with Gasteiger partial charge in [-0.2, -0.15) is 13.2 Å². The van der Waals surface area contributed by atoms with E-state index >= 15 is 0 Å². The topological polar surface area (TPSA) is 74.6 Å². The van der Waals surface area contributed by atoms with Gasteiger partial charge in [0.15, 0.2) is 0 Å². The van der Waals surface area contributed by atoms with Crippen molar-refractivity contribution in [2.45, 2.75) is 39.0 Å². The van der Waals surface area contributed by atoms with Gasteiger partial charge in [-0.25, -0.2) is 4.79 Å². The standard InChI is InChI=1S/C14H18F3N3O3/c1-8-3-10(9(2)23-8)5-18-13(22)19-11-4-12(21)20(6-11)7-14(15,16)17/h3,11H,4-7H2,1-2H3,(H2,18,19,22). The predicted octanol–water partition coefficient (Wildman–Crippen LogP) is 1.86. The van der Waals surface area contributed by atoms with E-state index in [1.165, 1.54) is 0 Å². The highest BCUT2D eigenvalue weighted by molar-refractivity contribution is 5.81. The van der Waals surface area contributed by atoms with E-state index in [1.54, 1.807) is 19.9 Å². The molecule has 0 aliphatic carbocycles. The fraction of sp³-hybridized carbons (Fsp3) is 0.571. The van der Waals surface area contributed by atoms with Crippen LogP contribution in [0.5, 0.6) is 0 Å². The van der Waals surface area contributed by atoms with Crippen molar-refractivity contribution in [2.75, 3.05) is 13.1 Å². The van der Waals surface area contributed by atoms with Crippen molar-refractivity contribution in [1.82, 2.24) is 15.5 Å². The van der Waals surface area contributed by atoms with E-state index in [1.807, 2.05) is 0 Å². The fourth-order valence-corrected chi connectivity index (χ4v) is 2.51. The number of carbonyl (C=O) groups is 2. The van der Waals surface area contributed by atoms with E-state index in [9.17, 15) is 22.8 Å². The number of halogens is 3. The minimum absolute atomic E-state index is 0.132. The van der Waals surface area contributed by atoms with E-state index in [2.05, 4.69) is 10.6 Å². The zero-order valence-corrected chi connectivity index (χ0v) is 12.8. The first-order chi connectivity index (χ1) is 10.6. The zero-order valence-electron chi connectivity index (χ0n) is 12.8. The summed E-state index contributed by atoms with van der Waals surface area (Å²) in [4.78, 5) is 24.0. The SMILES string of the molecule is Cc1cc(CNC(=O)NC2CC(=O)N(CC(F)(F)F)C2)c(C)o1. The average molecular weight is 333 g/mol. The van der Waals surface area contributed by atoms with Crippen LogP contribution in [0.1, 0.15) is 23.5 Å². The quantitative estimate of drug-likeness (QED) is 0.883. The van der Waals surface area contributed by atoms with Crippen LogP contribution in [0.3, 0.4) is 0 Å². The lowest BCUT2D eigenvalue weighted by Crippen LogP contribution is -2.43. The molecule has 6 nitrogen and oxygen atoms in total. The lowest BCUT2D eigenvalue weighted by Gasteiger charge is -2.18. The van der Waals surface area contributed by atoms with E-state index < -0.39 is 30.7 Å². The van der Waals surface area contributed by atoms with Gasteiger partial charge in [0.25, 0.3) is 0 Å². The van der Waals surface area contributed by atoms with Crippen LogP contribution in [0.15, 0.2) is 10.5 Å². The molecule has 1 saturated heterocycles. The van der Waals surface area contributed by atoms with E-state index in [-0.39, 0.29) is 19.5 Å². The molecule has 0 saturated carbocycles. The number of likely N-dealkylation sites (tertiary alicyclic amines) is 1. The third-order valence-corrected chi connectivity index (χ3v) is 3.50. The minimum atomic E-state index is -4.44. The average Bonchev–Trinajstić information content (AvgIpc) is 2.88. The van der Waals surface area contributed by atoms with Gasteiger partial charge in [-0.15, -0.1) is 0 Å². The van der Waals surface area contributed by atoms with Crippen LogP contribution >= 0.6 is 0 Å². The fourth-order valence-electron chi connectivity index (χ4n) is 2.51. The maximum atomic E-state index is 12.3. The Hall–Kier alpha value is -2.19. The lowest BCUT2D eigenvalue weighted by molar-refractivity contribution is -0.157. The summed E-state index contributed by atoms with van der Waals surface area (Å²) in [5.41, 5.74) is 0.818. The van der Waals surface area contributed by atoms with Crippen molar-refractivity contribution >= 4 is 11.9 Å². The Morgan fingerprint density at radius 2 is 2.13 bits per heavy atom. The van der Waals surface area contributed by atoms with Crippen molar-refractivity contribution in [3.8, 4) is 0 Å². The molecular weight excluding hydrogens is 315 g/mol. The van der Waals surface area contributed by atoms with Crippen LogP contribution in [0, 0.1) is 13.8 Å². The van der Waals surface area contributed by atoms with E-state index in [4.69, 9.17) is 4.42 Å². The van der Waals surface area contributed by atoms with Crippen LogP contribution < -0.4 is 10.6 Å². The van der Waals surface area contributed by atoms with Gasteiger partial charge in [-0.3, -0.25) is 4.79 Å². The van der Waals surface area contributed by atoms with Gasteiger partial charge >= 0.3 is 12.2 Å². The Morgan fingerprint density at radius 1 is 1.43 bits per heavy atom. The number of nitrogens with zero attached hydrogens (tertiary/aromatic N) is 1. The first-order valence-corrected chi connectivity index (χ1v) is 7.09. The molecule has 2 rings (SSSR count). The number of aryl methyl sites for hydroxylation is 2. The van der Waals surface area contributed by atoms with E-state index in [0.29, 0.717) is 10.7 Å². The summed E-state index contributed by atoms with van der Waals surface area (Å²) in [7, 11) is 0. The molecule has 9 heteroatoms. The maximum Gasteiger partial charge on any atom is 0.406 e. The third kappa shape index (κ3) is 4.90. The summed E-state index contributed by atoms with van der Waals surface area (Å²) in [5, 5.41) is 5.11. The van der Waals surface area contributed by atoms with Gasteiger partial charge in [-0.05, 0) is 19.9 Å². The molecular formula is C14H18F3N3O3. The summed E-state index contributed by atoms with van der Waals surface area (Å²) >= 11 is 0. The number of carbonyl (C=O) groups excluding carboxylic acids is 2. The lowest BCUT2D eigenvalue weighted by atomic mass is 10.2. The summed E-state index contributed by atoms with van der Waals surface area (Å²) in [6.07, 6.45) is -4.57. The molecule has 1 aliphatic heterocycles. The van der Waals surface area contributed by atoms with E-state index in [0.717, 1.165) is 11.3 Å². The second-order valence-corrected chi connectivity index (χ2v) is 5.56. The van der Waals surface area contributed by atoms with Crippen molar-refractivity contribution in [3.05, 3.63) is 23.2 Å². The molecule has 128 valence electrons. The van der Waals surface area contributed by atoms with Crippen molar-refractivity contribution in [1.29, 1.82) is 0 Å². The molecule has 1 aromatic rings. The number of hydrogen-bond acceptors (Lipinski definition) is 3. The van der Waals surface area contributed by atoms with Gasteiger partial charge in [0.2, 0.25) is 5.91 Å². The number of nitrogens with one attached hydrogen (secondary N) is 2. The highest BCUT2D eigenvalue weighted by atomic mass is 19.4. The molecule has 0 aromatic carbocycles. The minimum Gasteiger partial charge on any atom is -0.466 e. The number of alkyl halides is 3. The van der Waals surface area contributed by atoms with Gasteiger partial charge in [-0.1, -0.05) is 0 Å². The van der Waals surface area contributed by atoms with Crippen LogP contribution in [0.25, 0.3) is 0 Å². The van der Waals surface area contributed by atoms with Crippen LogP contribution in [-0.2, 0) is 11.3 Å². The number of hydrogen-bond donors (Lipinski definition) is 2. The number of furan rings is 1. The van der Waals surface area contributed by atoms with Crippen molar-refractivity contribution in [2.24, 2.45) is 0 Å². The highest BCUT2D eigenvalue weighted by Crippen LogP contribution is 2.20. The molecule has 1 aliphatic rings. The Bertz CT molecular complexity index is 598. The molecule has 2 N–H and O–H groups in total.